The van der Waals surface area contributed by atoms with Crippen molar-refractivity contribution in [1.82, 2.24) is 0 Å². The molecule has 1 aliphatic rings. The average molecular weight is 152 g/mol. The van der Waals surface area contributed by atoms with E-state index in [9.17, 15) is 8.42 Å². The van der Waals surface area contributed by atoms with Crippen LogP contribution in [0.2, 0.25) is 0 Å². The van der Waals surface area contributed by atoms with Crippen molar-refractivity contribution in [2.45, 2.75) is 12.5 Å². The third-order valence-corrected chi connectivity index (χ3v) is 1.85. The quantitative estimate of drug-likeness (QED) is 0.444. The average Bonchev–Trinajstić information content (AvgIpc) is 2.38. The number of hydrogen-bond donors (Lipinski definition) is 1. The Morgan fingerprint density at radius 1 is 1.67 bits per heavy atom. The van der Waals surface area contributed by atoms with Gasteiger partial charge in [-0.15, -0.1) is 0 Å². The van der Waals surface area contributed by atoms with Crippen LogP contribution in [0.15, 0.2) is 0 Å². The molecule has 5 heteroatoms. The molecule has 1 N–H and O–H groups in total. The minimum Gasteiger partial charge on any atom is -0.373 e. The highest BCUT2D eigenvalue weighted by molar-refractivity contribution is 7.85. The minimum absolute atomic E-state index is 0.0759. The standard InChI is InChI=1S/C4H8O4S/c5-9(6,7)2-1-4-3-8-4/h4H,1-3H2,(H,5,6,7). The van der Waals surface area contributed by atoms with Crippen LogP contribution in [0.3, 0.4) is 0 Å². The summed E-state index contributed by atoms with van der Waals surface area (Å²) in [6, 6.07) is 0. The summed E-state index contributed by atoms with van der Waals surface area (Å²) >= 11 is 0. The van der Waals surface area contributed by atoms with E-state index in [4.69, 9.17) is 9.29 Å². The second-order valence-corrected chi connectivity index (χ2v) is 3.60. The Labute approximate surface area is 53.6 Å². The first-order valence-electron chi connectivity index (χ1n) is 2.65. The van der Waals surface area contributed by atoms with Gasteiger partial charge in [-0.05, 0) is 6.42 Å². The van der Waals surface area contributed by atoms with Gasteiger partial charge in [0.15, 0.2) is 0 Å². The number of rotatable bonds is 3. The predicted molar refractivity (Wildman–Crippen MR) is 30.8 cm³/mol. The molecule has 1 unspecified atom stereocenters. The van der Waals surface area contributed by atoms with Gasteiger partial charge >= 0.3 is 0 Å². The summed E-state index contributed by atoms with van der Waals surface area (Å²) < 4.78 is 33.1. The molecule has 0 saturated carbocycles. The predicted octanol–water partition coefficient (Wildman–Crippen LogP) is -0.337. The fraction of sp³-hybridized carbons (Fsp3) is 1.00. The monoisotopic (exact) mass is 152 g/mol. The summed E-state index contributed by atoms with van der Waals surface area (Å²) in [6.07, 6.45) is 0.491. The van der Waals surface area contributed by atoms with Gasteiger partial charge in [0.05, 0.1) is 18.5 Å². The van der Waals surface area contributed by atoms with Gasteiger partial charge in [0, 0.05) is 0 Å². The summed E-state index contributed by atoms with van der Waals surface area (Å²) in [5.41, 5.74) is 0. The lowest BCUT2D eigenvalue weighted by Crippen LogP contribution is -2.05. The maximum atomic E-state index is 10.1. The molecule has 0 radical (unpaired) electrons. The van der Waals surface area contributed by atoms with Crippen LogP contribution in [0.25, 0.3) is 0 Å². The Hall–Kier alpha value is -0.130. The van der Waals surface area contributed by atoms with Crippen LogP contribution in [-0.2, 0) is 14.9 Å². The minimum atomic E-state index is -3.76. The SMILES string of the molecule is O=S(=O)(O)CCC1CO1. The lowest BCUT2D eigenvalue weighted by Gasteiger charge is -1.90. The molecular weight excluding hydrogens is 144 g/mol. The van der Waals surface area contributed by atoms with Gasteiger partial charge in [0.25, 0.3) is 10.1 Å². The summed E-state index contributed by atoms with van der Waals surface area (Å²) in [5.74, 6) is -0.183. The number of epoxide rings is 1. The highest BCUT2D eigenvalue weighted by Gasteiger charge is 2.23. The molecule has 0 aliphatic carbocycles. The molecule has 1 saturated heterocycles. The lowest BCUT2D eigenvalue weighted by atomic mass is 10.4. The van der Waals surface area contributed by atoms with E-state index < -0.39 is 10.1 Å². The lowest BCUT2D eigenvalue weighted by molar-refractivity contribution is 0.399. The van der Waals surface area contributed by atoms with Gasteiger partial charge in [-0.2, -0.15) is 8.42 Å². The molecule has 54 valence electrons. The van der Waals surface area contributed by atoms with Gasteiger partial charge < -0.3 is 4.74 Å². The van der Waals surface area contributed by atoms with Gasteiger partial charge in [-0.25, -0.2) is 0 Å². The van der Waals surface area contributed by atoms with Crippen molar-refractivity contribution in [2.75, 3.05) is 12.4 Å². The molecule has 0 spiro atoms. The van der Waals surface area contributed by atoms with Crippen LogP contribution in [-0.4, -0.2) is 31.4 Å². The third kappa shape index (κ3) is 3.45. The summed E-state index contributed by atoms with van der Waals surface area (Å²) in [4.78, 5) is 0. The molecule has 0 amide bonds. The molecule has 0 bridgehead atoms. The number of ether oxygens (including phenoxy) is 1. The Kier molecular flexibility index (Phi) is 1.74. The first kappa shape index (κ1) is 6.98. The normalized spacial score (nSPS) is 26.1. The fourth-order valence-electron chi connectivity index (χ4n) is 0.515. The molecule has 0 aromatic carbocycles. The largest absolute Gasteiger partial charge is 0.373 e. The molecule has 1 aliphatic heterocycles. The molecule has 0 aromatic heterocycles. The van der Waals surface area contributed by atoms with E-state index in [2.05, 4.69) is 0 Å². The van der Waals surface area contributed by atoms with Crippen molar-refractivity contribution in [2.24, 2.45) is 0 Å². The fourth-order valence-corrected chi connectivity index (χ4v) is 1.08. The van der Waals surface area contributed by atoms with E-state index in [0.29, 0.717) is 13.0 Å². The second-order valence-electron chi connectivity index (χ2n) is 2.03. The van der Waals surface area contributed by atoms with E-state index in [1.807, 2.05) is 0 Å². The molecule has 1 heterocycles. The molecule has 0 aromatic rings. The zero-order valence-corrected chi connectivity index (χ0v) is 5.60. The molecule has 1 atom stereocenters. The van der Waals surface area contributed by atoms with Crippen molar-refractivity contribution >= 4 is 10.1 Å². The Morgan fingerprint density at radius 2 is 2.22 bits per heavy atom. The highest BCUT2D eigenvalue weighted by atomic mass is 32.2. The van der Waals surface area contributed by atoms with Gasteiger partial charge in [-0.1, -0.05) is 0 Å². The van der Waals surface area contributed by atoms with Crippen LogP contribution >= 0.6 is 0 Å². The molecular formula is C4H8O4S. The smallest absolute Gasteiger partial charge is 0.264 e. The van der Waals surface area contributed by atoms with Crippen molar-refractivity contribution in [3.05, 3.63) is 0 Å². The molecule has 9 heavy (non-hydrogen) atoms. The zero-order valence-electron chi connectivity index (χ0n) is 4.78. The zero-order chi connectivity index (χ0) is 6.91. The Balaban J connectivity index is 2.18. The first-order valence-corrected chi connectivity index (χ1v) is 4.25. The third-order valence-electron chi connectivity index (χ3n) is 1.10. The van der Waals surface area contributed by atoms with E-state index in [0.717, 1.165) is 0 Å². The van der Waals surface area contributed by atoms with Crippen LogP contribution in [0, 0.1) is 0 Å². The molecule has 1 rings (SSSR count). The second kappa shape index (κ2) is 2.24. The van der Waals surface area contributed by atoms with Crippen molar-refractivity contribution in [3.8, 4) is 0 Å². The maximum absolute atomic E-state index is 10.1. The van der Waals surface area contributed by atoms with Gasteiger partial charge in [0.2, 0.25) is 0 Å². The van der Waals surface area contributed by atoms with Crippen LogP contribution in [0.1, 0.15) is 6.42 Å². The van der Waals surface area contributed by atoms with E-state index in [-0.39, 0.29) is 11.9 Å². The summed E-state index contributed by atoms with van der Waals surface area (Å²) in [5, 5.41) is 0. The topological polar surface area (TPSA) is 66.9 Å². The summed E-state index contributed by atoms with van der Waals surface area (Å²) in [7, 11) is -3.76. The highest BCUT2D eigenvalue weighted by Crippen LogP contribution is 2.13. The van der Waals surface area contributed by atoms with Crippen LogP contribution in [0.4, 0.5) is 0 Å². The van der Waals surface area contributed by atoms with Crippen molar-refractivity contribution < 1.29 is 17.7 Å². The first-order chi connectivity index (χ1) is 4.08. The van der Waals surface area contributed by atoms with Crippen LogP contribution in [0.5, 0.6) is 0 Å². The Morgan fingerprint density at radius 3 is 2.56 bits per heavy atom. The Bertz CT molecular complexity index is 179. The van der Waals surface area contributed by atoms with E-state index in [1.165, 1.54) is 0 Å². The van der Waals surface area contributed by atoms with E-state index in [1.54, 1.807) is 0 Å². The van der Waals surface area contributed by atoms with E-state index >= 15 is 0 Å². The van der Waals surface area contributed by atoms with Crippen LogP contribution < -0.4 is 0 Å². The molecule has 1 fully saturated rings. The summed E-state index contributed by atoms with van der Waals surface area (Å²) in [6.45, 7) is 0.634. The van der Waals surface area contributed by atoms with Gasteiger partial charge in [0.1, 0.15) is 0 Å². The van der Waals surface area contributed by atoms with Gasteiger partial charge in [-0.3, -0.25) is 4.55 Å². The molecule has 4 nitrogen and oxygen atoms in total. The maximum Gasteiger partial charge on any atom is 0.264 e. The number of hydrogen-bond acceptors (Lipinski definition) is 3. The van der Waals surface area contributed by atoms with Crippen molar-refractivity contribution in [3.63, 3.8) is 0 Å². The van der Waals surface area contributed by atoms with Crippen molar-refractivity contribution in [1.29, 1.82) is 0 Å².